The van der Waals surface area contributed by atoms with Gasteiger partial charge in [0.2, 0.25) is 0 Å². The number of terminal acetylenes is 1. The van der Waals surface area contributed by atoms with Gasteiger partial charge < -0.3 is 10.6 Å². The summed E-state index contributed by atoms with van der Waals surface area (Å²) in [7, 11) is 0. The molecule has 0 spiro atoms. The Morgan fingerprint density at radius 3 is 2.71 bits per heavy atom. The van der Waals surface area contributed by atoms with Crippen molar-refractivity contribution in [2.75, 3.05) is 0 Å². The number of allylic oxidation sites excluding steroid dienone is 1. The molecule has 0 heterocycles. The number of urea groups is 1. The van der Waals surface area contributed by atoms with Crippen LogP contribution in [-0.2, 0) is 6.54 Å². The van der Waals surface area contributed by atoms with Gasteiger partial charge in [0.25, 0.3) is 0 Å². The molecule has 21 heavy (non-hydrogen) atoms. The summed E-state index contributed by atoms with van der Waals surface area (Å²) < 4.78 is 36.0. The number of nitrogens with one attached hydrogen (secondary N) is 2. The average molecular weight is 296 g/mol. The van der Waals surface area contributed by atoms with Crippen molar-refractivity contribution in [3.8, 4) is 12.3 Å². The lowest BCUT2D eigenvalue weighted by Crippen LogP contribution is -2.34. The molecular formula is C15H15F3N2O. The van der Waals surface area contributed by atoms with E-state index in [4.69, 9.17) is 6.42 Å². The summed E-state index contributed by atoms with van der Waals surface area (Å²) in [5.74, 6) is 2.47. The number of hydrogen-bond acceptors (Lipinski definition) is 1. The summed E-state index contributed by atoms with van der Waals surface area (Å²) in [5, 5.41) is 4.78. The summed E-state index contributed by atoms with van der Waals surface area (Å²) in [6.45, 7) is 3.60. The Kier molecular flexibility index (Phi) is 5.85. The third-order valence-corrected chi connectivity index (χ3v) is 2.55. The minimum absolute atomic E-state index is 0.0159. The second-order valence-electron chi connectivity index (χ2n) is 4.37. The molecule has 0 aliphatic carbocycles. The Morgan fingerprint density at radius 2 is 2.10 bits per heavy atom. The molecule has 0 aliphatic heterocycles. The van der Waals surface area contributed by atoms with E-state index in [0.29, 0.717) is 5.56 Å². The number of hydrogen-bond donors (Lipinski definition) is 2. The van der Waals surface area contributed by atoms with Crippen molar-refractivity contribution in [1.29, 1.82) is 0 Å². The van der Waals surface area contributed by atoms with Crippen LogP contribution in [-0.4, -0.2) is 12.2 Å². The maximum atomic E-state index is 12.0. The molecule has 0 radical (unpaired) electrons. The second kappa shape index (κ2) is 7.39. The van der Waals surface area contributed by atoms with Gasteiger partial charge in [0.15, 0.2) is 0 Å². The molecule has 1 aromatic rings. The summed E-state index contributed by atoms with van der Waals surface area (Å²) in [6.07, 6.45) is -0.373. The third-order valence-electron chi connectivity index (χ3n) is 2.55. The zero-order valence-corrected chi connectivity index (χ0v) is 11.3. The van der Waals surface area contributed by atoms with Crippen LogP contribution in [0.1, 0.15) is 24.0 Å². The Bertz CT molecular complexity index is 559. The molecule has 0 saturated heterocycles. The van der Waals surface area contributed by atoms with Crippen molar-refractivity contribution in [3.63, 3.8) is 0 Å². The van der Waals surface area contributed by atoms with E-state index in [1.807, 2.05) is 0 Å². The molecule has 0 atom stereocenters. The van der Waals surface area contributed by atoms with Gasteiger partial charge in [0.1, 0.15) is 0 Å². The summed E-state index contributed by atoms with van der Waals surface area (Å²) >= 11 is 0. The van der Waals surface area contributed by atoms with Gasteiger partial charge in [-0.1, -0.05) is 24.6 Å². The van der Waals surface area contributed by atoms with E-state index in [-0.39, 0.29) is 18.7 Å². The molecule has 0 aromatic heterocycles. The van der Waals surface area contributed by atoms with E-state index in [2.05, 4.69) is 23.1 Å². The number of carbonyl (C=O) groups is 1. The maximum absolute atomic E-state index is 12.0. The molecule has 1 aromatic carbocycles. The number of halogens is 3. The maximum Gasteiger partial charge on any atom is 0.389 e. The molecule has 2 amide bonds. The van der Waals surface area contributed by atoms with Gasteiger partial charge in [0.05, 0.1) is 0 Å². The van der Waals surface area contributed by atoms with Gasteiger partial charge in [-0.2, -0.15) is 13.2 Å². The first-order valence-corrected chi connectivity index (χ1v) is 6.15. The number of benzene rings is 1. The average Bonchev–Trinajstić information content (AvgIpc) is 2.42. The highest BCUT2D eigenvalue weighted by atomic mass is 19.4. The lowest BCUT2D eigenvalue weighted by molar-refractivity contribution is -0.134. The highest BCUT2D eigenvalue weighted by Gasteiger charge is 2.26. The molecule has 2 N–H and O–H groups in total. The second-order valence-corrected chi connectivity index (χ2v) is 4.37. The van der Waals surface area contributed by atoms with Gasteiger partial charge in [-0.25, -0.2) is 4.79 Å². The molecule has 0 bridgehead atoms. The van der Waals surface area contributed by atoms with E-state index in [1.54, 1.807) is 24.3 Å². The smallest absolute Gasteiger partial charge is 0.334 e. The Hall–Kier alpha value is -2.42. The standard InChI is InChI=1S/C15H15F3N2O/c1-3-12-5-4-6-13(9-12)10-19-14(21)20-11(2)7-8-15(16,17)18/h1,4-6,9H,2,7-8,10H2,(H2,19,20,21). The monoisotopic (exact) mass is 296 g/mol. The summed E-state index contributed by atoms with van der Waals surface area (Å²) in [6, 6.07) is 6.42. The van der Waals surface area contributed by atoms with Gasteiger partial charge in [-0.3, -0.25) is 0 Å². The van der Waals surface area contributed by atoms with Crippen LogP contribution in [0.4, 0.5) is 18.0 Å². The largest absolute Gasteiger partial charge is 0.389 e. The van der Waals surface area contributed by atoms with Crippen LogP contribution in [0.3, 0.4) is 0 Å². The fourth-order valence-electron chi connectivity index (χ4n) is 1.51. The first-order valence-electron chi connectivity index (χ1n) is 6.15. The third kappa shape index (κ3) is 7.06. The molecule has 6 heteroatoms. The lowest BCUT2D eigenvalue weighted by Gasteiger charge is -2.11. The number of amides is 2. The molecule has 0 aliphatic rings. The minimum Gasteiger partial charge on any atom is -0.334 e. The van der Waals surface area contributed by atoms with Crippen molar-refractivity contribution in [2.45, 2.75) is 25.6 Å². The van der Waals surface area contributed by atoms with E-state index in [0.717, 1.165) is 5.56 Å². The minimum atomic E-state index is -4.27. The zero-order chi connectivity index (χ0) is 15.9. The van der Waals surface area contributed by atoms with Gasteiger partial charge in [-0.05, 0) is 24.1 Å². The first kappa shape index (κ1) is 16.6. The van der Waals surface area contributed by atoms with Gasteiger partial charge in [-0.15, -0.1) is 6.42 Å². The van der Waals surface area contributed by atoms with Crippen LogP contribution in [0.25, 0.3) is 0 Å². The predicted octanol–water partition coefficient (Wildman–Crippen LogP) is 3.32. The van der Waals surface area contributed by atoms with Crippen molar-refractivity contribution < 1.29 is 18.0 Å². The van der Waals surface area contributed by atoms with Crippen LogP contribution in [0.2, 0.25) is 0 Å². The fraction of sp³-hybridized carbons (Fsp3) is 0.267. The molecule has 0 fully saturated rings. The van der Waals surface area contributed by atoms with E-state index < -0.39 is 18.6 Å². The van der Waals surface area contributed by atoms with Crippen molar-refractivity contribution in [2.24, 2.45) is 0 Å². The lowest BCUT2D eigenvalue weighted by atomic mass is 10.1. The van der Waals surface area contributed by atoms with Crippen LogP contribution in [0.15, 0.2) is 36.5 Å². The topological polar surface area (TPSA) is 41.1 Å². The molecular weight excluding hydrogens is 281 g/mol. The van der Waals surface area contributed by atoms with Crippen molar-refractivity contribution >= 4 is 6.03 Å². The van der Waals surface area contributed by atoms with E-state index in [9.17, 15) is 18.0 Å². The van der Waals surface area contributed by atoms with Crippen LogP contribution < -0.4 is 10.6 Å². The molecule has 0 saturated carbocycles. The van der Waals surface area contributed by atoms with Gasteiger partial charge in [0, 0.05) is 24.2 Å². The SMILES string of the molecule is C#Cc1cccc(CNC(=O)NC(=C)CCC(F)(F)F)c1. The number of rotatable bonds is 5. The van der Waals surface area contributed by atoms with Gasteiger partial charge >= 0.3 is 12.2 Å². The molecule has 1 rings (SSSR count). The normalized spacial score (nSPS) is 10.6. The Morgan fingerprint density at radius 1 is 1.38 bits per heavy atom. The Balaban J connectivity index is 2.37. The fourth-order valence-corrected chi connectivity index (χ4v) is 1.51. The number of alkyl halides is 3. The van der Waals surface area contributed by atoms with Crippen molar-refractivity contribution in [3.05, 3.63) is 47.7 Å². The van der Waals surface area contributed by atoms with Crippen LogP contribution in [0, 0.1) is 12.3 Å². The van der Waals surface area contributed by atoms with E-state index in [1.165, 1.54) is 0 Å². The Labute approximate surface area is 121 Å². The number of carbonyl (C=O) groups excluding carboxylic acids is 1. The van der Waals surface area contributed by atoms with Crippen molar-refractivity contribution in [1.82, 2.24) is 10.6 Å². The summed E-state index contributed by atoms with van der Waals surface area (Å²) in [5.41, 5.74) is 1.49. The summed E-state index contributed by atoms with van der Waals surface area (Å²) in [4.78, 5) is 11.5. The molecule has 0 unspecified atom stereocenters. The zero-order valence-electron chi connectivity index (χ0n) is 11.3. The van der Waals surface area contributed by atoms with E-state index >= 15 is 0 Å². The first-order chi connectivity index (χ1) is 9.80. The highest BCUT2D eigenvalue weighted by molar-refractivity contribution is 5.75. The van der Waals surface area contributed by atoms with Crippen LogP contribution in [0.5, 0.6) is 0 Å². The highest BCUT2D eigenvalue weighted by Crippen LogP contribution is 2.22. The predicted molar refractivity (Wildman–Crippen MR) is 74.2 cm³/mol. The van der Waals surface area contributed by atoms with Crippen LogP contribution >= 0.6 is 0 Å². The molecule has 112 valence electrons. The quantitative estimate of drug-likeness (QED) is 0.804. The molecule has 3 nitrogen and oxygen atoms in total.